The molecule has 3 heteroatoms. The Morgan fingerprint density at radius 2 is 2.11 bits per heavy atom. The highest BCUT2D eigenvalue weighted by molar-refractivity contribution is 5.58. The van der Waals surface area contributed by atoms with Crippen LogP contribution in [-0.2, 0) is 6.54 Å². The molecule has 1 aliphatic rings. The molecule has 3 nitrogen and oxygen atoms in total. The average Bonchev–Trinajstić information content (AvgIpc) is 2.95. The predicted molar refractivity (Wildman–Crippen MR) is 77.8 cm³/mol. The number of benzene rings is 1. The van der Waals surface area contributed by atoms with E-state index in [0.29, 0.717) is 0 Å². The van der Waals surface area contributed by atoms with Gasteiger partial charge in [0.2, 0.25) is 0 Å². The van der Waals surface area contributed by atoms with Gasteiger partial charge in [-0.3, -0.25) is 0 Å². The van der Waals surface area contributed by atoms with Crippen molar-refractivity contribution in [2.75, 3.05) is 13.1 Å². The van der Waals surface area contributed by atoms with E-state index in [2.05, 4.69) is 45.2 Å². The summed E-state index contributed by atoms with van der Waals surface area (Å²) in [6.07, 6.45) is 8.51. The van der Waals surface area contributed by atoms with Gasteiger partial charge in [0, 0.05) is 13.1 Å². The highest BCUT2D eigenvalue weighted by Gasteiger charge is 2.07. The molecule has 0 fully saturated rings. The van der Waals surface area contributed by atoms with Crippen molar-refractivity contribution in [1.29, 1.82) is 0 Å². The Bertz CT molecular complexity index is 554. The first-order chi connectivity index (χ1) is 9.43. The Morgan fingerprint density at radius 3 is 2.89 bits per heavy atom. The largest absolute Gasteiger partial charge is 0.330 e. The fourth-order valence-electron chi connectivity index (χ4n) is 2.51. The van der Waals surface area contributed by atoms with Gasteiger partial charge in [0.15, 0.2) is 0 Å². The first-order valence-corrected chi connectivity index (χ1v) is 6.87. The summed E-state index contributed by atoms with van der Waals surface area (Å²) in [5, 5.41) is 3.35. The van der Waals surface area contributed by atoms with E-state index < -0.39 is 0 Å². The van der Waals surface area contributed by atoms with Gasteiger partial charge in [-0.2, -0.15) is 0 Å². The molecule has 0 radical (unpaired) electrons. The summed E-state index contributed by atoms with van der Waals surface area (Å²) >= 11 is 0. The molecule has 3 rings (SSSR count). The van der Waals surface area contributed by atoms with Crippen molar-refractivity contribution in [3.8, 4) is 11.3 Å². The second-order valence-electron chi connectivity index (χ2n) is 4.90. The molecule has 98 valence electrons. The highest BCUT2D eigenvalue weighted by Crippen LogP contribution is 2.20. The molecule has 1 aromatic heterocycles. The zero-order chi connectivity index (χ0) is 12.9. The van der Waals surface area contributed by atoms with Crippen molar-refractivity contribution >= 4 is 0 Å². The van der Waals surface area contributed by atoms with Crippen LogP contribution in [0, 0.1) is 0 Å². The van der Waals surface area contributed by atoms with Gasteiger partial charge in [0.1, 0.15) is 0 Å². The maximum absolute atomic E-state index is 4.29. The quantitative estimate of drug-likeness (QED) is 0.849. The van der Waals surface area contributed by atoms with Crippen LogP contribution in [0.5, 0.6) is 0 Å². The Morgan fingerprint density at radius 1 is 1.21 bits per heavy atom. The summed E-state index contributed by atoms with van der Waals surface area (Å²) in [6.45, 7) is 3.14. The van der Waals surface area contributed by atoms with Gasteiger partial charge in [0.05, 0.1) is 18.2 Å². The van der Waals surface area contributed by atoms with Gasteiger partial charge in [0.25, 0.3) is 0 Å². The Kier molecular flexibility index (Phi) is 3.75. The van der Waals surface area contributed by atoms with Crippen LogP contribution in [0.25, 0.3) is 11.3 Å². The molecule has 1 aliphatic heterocycles. The summed E-state index contributed by atoms with van der Waals surface area (Å²) in [5.74, 6) is 0. The summed E-state index contributed by atoms with van der Waals surface area (Å²) in [6, 6.07) is 10.5. The van der Waals surface area contributed by atoms with Crippen LogP contribution in [0.1, 0.15) is 12.8 Å². The Hall–Kier alpha value is -1.87. The van der Waals surface area contributed by atoms with Crippen LogP contribution in [0.15, 0.2) is 54.5 Å². The first-order valence-electron chi connectivity index (χ1n) is 6.87. The minimum absolute atomic E-state index is 1.01. The Balaban J connectivity index is 1.72. The predicted octanol–water partition coefficient (Wildman–Crippen LogP) is 2.86. The molecule has 0 unspecified atom stereocenters. The third-order valence-electron chi connectivity index (χ3n) is 3.61. The van der Waals surface area contributed by atoms with Crippen LogP contribution >= 0.6 is 0 Å². The van der Waals surface area contributed by atoms with Crippen molar-refractivity contribution in [2.45, 2.75) is 19.4 Å². The molecule has 0 aliphatic carbocycles. The van der Waals surface area contributed by atoms with Crippen molar-refractivity contribution in [1.82, 2.24) is 14.9 Å². The van der Waals surface area contributed by atoms with Gasteiger partial charge in [-0.15, -0.1) is 0 Å². The number of nitrogens with one attached hydrogen (secondary N) is 1. The number of hydrogen-bond donors (Lipinski definition) is 1. The van der Waals surface area contributed by atoms with E-state index in [1.165, 1.54) is 17.7 Å². The van der Waals surface area contributed by atoms with Crippen molar-refractivity contribution in [2.24, 2.45) is 0 Å². The number of hydrogen-bond acceptors (Lipinski definition) is 2. The molecular formula is C16H19N3. The van der Waals surface area contributed by atoms with Crippen molar-refractivity contribution < 1.29 is 0 Å². The average molecular weight is 253 g/mol. The second kappa shape index (κ2) is 5.85. The molecule has 0 amide bonds. The lowest BCUT2D eigenvalue weighted by atomic mass is 10.1. The molecule has 1 aromatic carbocycles. The zero-order valence-electron chi connectivity index (χ0n) is 11.0. The van der Waals surface area contributed by atoms with Gasteiger partial charge >= 0.3 is 0 Å². The molecule has 2 heterocycles. The monoisotopic (exact) mass is 253 g/mol. The van der Waals surface area contributed by atoms with E-state index in [4.69, 9.17) is 0 Å². The standard InChI is InChI=1S/C16H19N3/c1-2-4-15(5-3-1)16-12-18-13-19(16)11-8-14-6-9-17-10-7-14/h1-6,12-13,17H,7-11H2. The highest BCUT2D eigenvalue weighted by atomic mass is 15.0. The summed E-state index contributed by atoms with van der Waals surface area (Å²) in [7, 11) is 0. The summed E-state index contributed by atoms with van der Waals surface area (Å²) in [5.41, 5.74) is 4.00. The number of aryl methyl sites for hydroxylation is 1. The molecule has 0 bridgehead atoms. The molecule has 0 atom stereocenters. The van der Waals surface area contributed by atoms with Gasteiger partial charge < -0.3 is 9.88 Å². The van der Waals surface area contributed by atoms with E-state index in [1.54, 1.807) is 5.57 Å². The van der Waals surface area contributed by atoms with Crippen LogP contribution < -0.4 is 5.32 Å². The topological polar surface area (TPSA) is 29.9 Å². The van der Waals surface area contributed by atoms with E-state index in [1.807, 2.05) is 18.6 Å². The normalized spacial score (nSPS) is 15.3. The molecule has 0 saturated carbocycles. The van der Waals surface area contributed by atoms with E-state index >= 15 is 0 Å². The first kappa shape index (κ1) is 12.2. The third-order valence-corrected chi connectivity index (χ3v) is 3.61. The SMILES string of the molecule is C1=C(CCn2cncc2-c2ccccc2)CCNC1. The molecule has 2 aromatic rings. The number of imidazole rings is 1. The number of aromatic nitrogens is 2. The minimum atomic E-state index is 1.01. The van der Waals surface area contributed by atoms with Gasteiger partial charge in [-0.25, -0.2) is 4.98 Å². The lowest BCUT2D eigenvalue weighted by Gasteiger charge is -2.15. The third kappa shape index (κ3) is 2.93. The van der Waals surface area contributed by atoms with E-state index in [0.717, 1.165) is 26.1 Å². The summed E-state index contributed by atoms with van der Waals surface area (Å²) < 4.78 is 2.25. The fraction of sp³-hybridized carbons (Fsp3) is 0.312. The lowest BCUT2D eigenvalue weighted by molar-refractivity contribution is 0.633. The maximum Gasteiger partial charge on any atom is 0.0951 e. The van der Waals surface area contributed by atoms with E-state index in [-0.39, 0.29) is 0 Å². The summed E-state index contributed by atoms with van der Waals surface area (Å²) in [4.78, 5) is 4.29. The van der Waals surface area contributed by atoms with Gasteiger partial charge in [-0.1, -0.05) is 42.0 Å². The fourth-order valence-corrected chi connectivity index (χ4v) is 2.51. The zero-order valence-corrected chi connectivity index (χ0v) is 11.0. The second-order valence-corrected chi connectivity index (χ2v) is 4.90. The van der Waals surface area contributed by atoms with Crippen LogP contribution in [0.4, 0.5) is 0 Å². The molecule has 0 spiro atoms. The van der Waals surface area contributed by atoms with Crippen LogP contribution in [0.3, 0.4) is 0 Å². The van der Waals surface area contributed by atoms with Gasteiger partial charge in [-0.05, 0) is 24.9 Å². The van der Waals surface area contributed by atoms with Crippen molar-refractivity contribution in [3.63, 3.8) is 0 Å². The van der Waals surface area contributed by atoms with Crippen LogP contribution in [0.2, 0.25) is 0 Å². The lowest BCUT2D eigenvalue weighted by Crippen LogP contribution is -2.21. The maximum atomic E-state index is 4.29. The number of nitrogens with zero attached hydrogens (tertiary/aromatic N) is 2. The number of rotatable bonds is 4. The van der Waals surface area contributed by atoms with Crippen LogP contribution in [-0.4, -0.2) is 22.6 Å². The molecule has 19 heavy (non-hydrogen) atoms. The van der Waals surface area contributed by atoms with E-state index in [9.17, 15) is 0 Å². The molecule has 1 N–H and O–H groups in total. The smallest absolute Gasteiger partial charge is 0.0951 e. The molecule has 0 saturated heterocycles. The molecular weight excluding hydrogens is 234 g/mol. The minimum Gasteiger partial charge on any atom is -0.330 e. The van der Waals surface area contributed by atoms with Crippen molar-refractivity contribution in [3.05, 3.63) is 54.5 Å². The Labute approximate surface area is 114 Å².